The maximum absolute atomic E-state index is 13.8. The van der Waals surface area contributed by atoms with E-state index in [0.717, 1.165) is 25.3 Å². The Labute approximate surface area is 115 Å². The van der Waals surface area contributed by atoms with Crippen molar-refractivity contribution in [3.8, 4) is 0 Å². The first kappa shape index (κ1) is 14.2. The highest BCUT2D eigenvalue weighted by molar-refractivity contribution is 5.99. The zero-order valence-corrected chi connectivity index (χ0v) is 11.1. The Kier molecular flexibility index (Phi) is 4.16. The van der Waals surface area contributed by atoms with Gasteiger partial charge in [-0.25, -0.2) is 4.39 Å². The minimum atomic E-state index is -0.742. The number of carbonyl (C=O) groups excluding carboxylic acids is 1. The van der Waals surface area contributed by atoms with Gasteiger partial charge >= 0.3 is 0 Å². The number of hydrogen-bond donors (Lipinski definition) is 2. The van der Waals surface area contributed by atoms with Crippen LogP contribution in [0.4, 0.5) is 15.8 Å². The van der Waals surface area contributed by atoms with Crippen LogP contribution < -0.4 is 10.6 Å². The molecule has 1 aliphatic carbocycles. The number of nitro groups is 1. The van der Waals surface area contributed by atoms with E-state index in [-0.39, 0.29) is 17.3 Å². The molecule has 0 radical (unpaired) electrons. The number of amides is 1. The second-order valence-electron chi connectivity index (χ2n) is 4.78. The fourth-order valence-corrected chi connectivity index (χ4v) is 1.78. The van der Waals surface area contributed by atoms with Crippen molar-refractivity contribution in [3.05, 3.63) is 33.6 Å². The molecule has 0 aliphatic heterocycles. The van der Waals surface area contributed by atoms with E-state index in [4.69, 9.17) is 0 Å². The van der Waals surface area contributed by atoms with Gasteiger partial charge in [0.2, 0.25) is 0 Å². The minimum Gasteiger partial charge on any atom is -0.383 e. The van der Waals surface area contributed by atoms with Crippen molar-refractivity contribution in [1.82, 2.24) is 5.32 Å². The zero-order valence-electron chi connectivity index (χ0n) is 11.1. The molecule has 0 bridgehead atoms. The number of carbonyl (C=O) groups is 1. The molecular weight excluding hydrogens is 265 g/mol. The largest absolute Gasteiger partial charge is 0.383 e. The fourth-order valence-electron chi connectivity index (χ4n) is 1.78. The van der Waals surface area contributed by atoms with Crippen LogP contribution in [0.5, 0.6) is 0 Å². The van der Waals surface area contributed by atoms with Crippen LogP contribution >= 0.6 is 0 Å². The molecule has 2 rings (SSSR count). The molecule has 0 spiro atoms. The lowest BCUT2D eigenvalue weighted by atomic mass is 10.1. The van der Waals surface area contributed by atoms with Crippen molar-refractivity contribution < 1.29 is 14.1 Å². The van der Waals surface area contributed by atoms with E-state index in [2.05, 4.69) is 10.6 Å². The van der Waals surface area contributed by atoms with E-state index in [9.17, 15) is 19.3 Å². The highest BCUT2D eigenvalue weighted by Gasteiger charge is 2.28. The molecule has 2 N–H and O–H groups in total. The molecule has 1 aromatic rings. The van der Waals surface area contributed by atoms with Gasteiger partial charge in [-0.3, -0.25) is 14.9 Å². The molecule has 6 nitrogen and oxygen atoms in total. The molecular formula is C13H16FN3O3. The maximum Gasteiger partial charge on any atom is 0.285 e. The van der Waals surface area contributed by atoms with Gasteiger partial charge in [-0.2, -0.15) is 0 Å². The molecule has 108 valence electrons. The molecule has 0 saturated heterocycles. The minimum absolute atomic E-state index is 0.0826. The molecule has 7 heteroatoms. The number of nitrogens with one attached hydrogen (secondary N) is 2. The maximum atomic E-state index is 13.8. The Balaban J connectivity index is 2.33. The third-order valence-electron chi connectivity index (χ3n) is 3.00. The van der Waals surface area contributed by atoms with Crippen LogP contribution in [-0.4, -0.2) is 23.4 Å². The Morgan fingerprint density at radius 3 is 2.75 bits per heavy atom. The van der Waals surface area contributed by atoms with Gasteiger partial charge in [-0.05, 0) is 25.3 Å². The van der Waals surface area contributed by atoms with E-state index in [1.807, 2.05) is 6.92 Å². The lowest BCUT2D eigenvalue weighted by Gasteiger charge is -2.10. The zero-order chi connectivity index (χ0) is 14.7. The number of hydrogen-bond acceptors (Lipinski definition) is 4. The van der Waals surface area contributed by atoms with Crippen LogP contribution in [0.25, 0.3) is 0 Å². The predicted molar refractivity (Wildman–Crippen MR) is 72.3 cm³/mol. The van der Waals surface area contributed by atoms with Crippen LogP contribution in [-0.2, 0) is 0 Å². The van der Waals surface area contributed by atoms with Gasteiger partial charge in [0.15, 0.2) is 5.82 Å². The normalized spacial score (nSPS) is 13.9. The molecule has 1 saturated carbocycles. The molecule has 1 aliphatic rings. The molecule has 1 aromatic carbocycles. The van der Waals surface area contributed by atoms with E-state index < -0.39 is 22.3 Å². The van der Waals surface area contributed by atoms with Crippen LogP contribution in [0.3, 0.4) is 0 Å². The Hall–Kier alpha value is -2.18. The summed E-state index contributed by atoms with van der Waals surface area (Å²) in [6, 6.07) is 2.08. The van der Waals surface area contributed by atoms with Crippen molar-refractivity contribution in [1.29, 1.82) is 0 Å². The Morgan fingerprint density at radius 2 is 2.20 bits per heavy atom. The first-order valence-electron chi connectivity index (χ1n) is 6.55. The summed E-state index contributed by atoms with van der Waals surface area (Å²) in [6.45, 7) is 2.44. The van der Waals surface area contributed by atoms with Crippen molar-refractivity contribution in [2.75, 3.05) is 11.9 Å². The van der Waals surface area contributed by atoms with E-state index in [1.54, 1.807) is 0 Å². The SMILES string of the molecule is CCCNc1cc(C(=O)NC2CC2)c([N+](=O)[O-])cc1F. The summed E-state index contributed by atoms with van der Waals surface area (Å²) in [7, 11) is 0. The monoisotopic (exact) mass is 281 g/mol. The molecule has 1 fully saturated rings. The molecule has 1 amide bonds. The summed E-state index contributed by atoms with van der Waals surface area (Å²) in [4.78, 5) is 22.2. The second-order valence-corrected chi connectivity index (χ2v) is 4.78. The van der Waals surface area contributed by atoms with Crippen molar-refractivity contribution in [2.24, 2.45) is 0 Å². The van der Waals surface area contributed by atoms with E-state index in [0.29, 0.717) is 6.54 Å². The first-order chi connectivity index (χ1) is 9.52. The van der Waals surface area contributed by atoms with Crippen molar-refractivity contribution >= 4 is 17.3 Å². The van der Waals surface area contributed by atoms with Crippen LogP contribution in [0.15, 0.2) is 12.1 Å². The van der Waals surface area contributed by atoms with Crippen molar-refractivity contribution in [3.63, 3.8) is 0 Å². The summed E-state index contributed by atoms with van der Waals surface area (Å²) in [6.07, 6.45) is 2.53. The molecule has 0 unspecified atom stereocenters. The second kappa shape index (κ2) is 5.85. The van der Waals surface area contributed by atoms with Gasteiger partial charge < -0.3 is 10.6 Å². The number of nitro benzene ring substituents is 1. The van der Waals surface area contributed by atoms with Gasteiger partial charge in [-0.15, -0.1) is 0 Å². The number of benzene rings is 1. The molecule has 0 heterocycles. The molecule has 20 heavy (non-hydrogen) atoms. The Morgan fingerprint density at radius 1 is 1.50 bits per heavy atom. The van der Waals surface area contributed by atoms with Crippen LogP contribution in [0.2, 0.25) is 0 Å². The number of anilines is 1. The average molecular weight is 281 g/mol. The van der Waals surface area contributed by atoms with Gasteiger partial charge in [0.05, 0.1) is 16.7 Å². The third-order valence-corrected chi connectivity index (χ3v) is 3.00. The lowest BCUT2D eigenvalue weighted by Crippen LogP contribution is -2.26. The smallest absolute Gasteiger partial charge is 0.285 e. The number of halogens is 1. The molecule has 0 aromatic heterocycles. The summed E-state index contributed by atoms with van der Waals surface area (Å²) in [5.41, 5.74) is -0.511. The summed E-state index contributed by atoms with van der Waals surface area (Å²) < 4.78 is 13.8. The summed E-state index contributed by atoms with van der Waals surface area (Å²) in [5, 5.41) is 16.4. The van der Waals surface area contributed by atoms with Gasteiger partial charge in [-0.1, -0.05) is 6.92 Å². The van der Waals surface area contributed by atoms with Gasteiger partial charge in [0.1, 0.15) is 5.56 Å². The third kappa shape index (κ3) is 3.23. The quantitative estimate of drug-likeness (QED) is 0.619. The number of rotatable bonds is 6. The Bertz CT molecular complexity index is 544. The number of nitrogens with zero attached hydrogens (tertiary/aromatic N) is 1. The van der Waals surface area contributed by atoms with Gasteiger partial charge in [0, 0.05) is 12.6 Å². The first-order valence-corrected chi connectivity index (χ1v) is 6.55. The van der Waals surface area contributed by atoms with Crippen molar-refractivity contribution in [2.45, 2.75) is 32.2 Å². The standard InChI is InChI=1S/C13H16FN3O3/c1-2-5-15-11-6-9(13(18)16-8-3-4-8)12(17(19)20)7-10(11)14/h6-8,15H,2-5H2,1H3,(H,16,18). The van der Waals surface area contributed by atoms with Crippen LogP contribution in [0.1, 0.15) is 36.5 Å². The fraction of sp³-hybridized carbons (Fsp3) is 0.462. The topological polar surface area (TPSA) is 84.3 Å². The molecule has 0 atom stereocenters. The highest BCUT2D eigenvalue weighted by atomic mass is 19.1. The van der Waals surface area contributed by atoms with E-state index in [1.165, 1.54) is 6.07 Å². The van der Waals surface area contributed by atoms with Gasteiger partial charge in [0.25, 0.3) is 11.6 Å². The lowest BCUT2D eigenvalue weighted by molar-refractivity contribution is -0.385. The summed E-state index contributed by atoms with van der Waals surface area (Å²) >= 11 is 0. The van der Waals surface area contributed by atoms with Crippen LogP contribution in [0, 0.1) is 15.9 Å². The highest BCUT2D eigenvalue weighted by Crippen LogP contribution is 2.27. The average Bonchev–Trinajstić information content (AvgIpc) is 3.20. The summed E-state index contributed by atoms with van der Waals surface area (Å²) in [5.74, 6) is -1.26. The van der Waals surface area contributed by atoms with E-state index >= 15 is 0 Å². The predicted octanol–water partition coefficient (Wildman–Crippen LogP) is 2.45.